The van der Waals surface area contributed by atoms with E-state index in [0.29, 0.717) is 10.8 Å². The van der Waals surface area contributed by atoms with Gasteiger partial charge in [0.1, 0.15) is 0 Å². The lowest BCUT2D eigenvalue weighted by Crippen LogP contribution is -2.68. The van der Waals surface area contributed by atoms with Crippen LogP contribution in [0.3, 0.4) is 0 Å². The zero-order chi connectivity index (χ0) is 17.1. The average molecular weight is 311 g/mol. The molecule has 0 saturated heterocycles. The van der Waals surface area contributed by atoms with Gasteiger partial charge in [-0.15, -0.1) is 0 Å². The highest BCUT2D eigenvalue weighted by Crippen LogP contribution is 2.37. The molecule has 0 radical (unpaired) electrons. The van der Waals surface area contributed by atoms with E-state index in [-0.39, 0.29) is 11.1 Å². The molecule has 2 unspecified atom stereocenters. The number of hydrogen-bond donors (Lipinski definition) is 2. The van der Waals surface area contributed by atoms with Crippen molar-refractivity contribution in [1.29, 1.82) is 0 Å². The summed E-state index contributed by atoms with van der Waals surface area (Å²) in [6.45, 7) is 21.1. The second-order valence-electron chi connectivity index (χ2n) is 10.3. The van der Waals surface area contributed by atoms with Crippen molar-refractivity contribution in [3.8, 4) is 0 Å². The first kappa shape index (κ1) is 20.0. The van der Waals surface area contributed by atoms with Gasteiger partial charge in [0, 0.05) is 11.1 Å². The molecule has 1 saturated carbocycles. The quantitative estimate of drug-likeness (QED) is 0.710. The molecule has 1 aliphatic rings. The molecule has 2 heteroatoms. The molecule has 0 heterocycles. The van der Waals surface area contributed by atoms with Crippen LogP contribution in [-0.2, 0) is 0 Å². The molecule has 22 heavy (non-hydrogen) atoms. The first-order valence-corrected chi connectivity index (χ1v) is 9.37. The third kappa shape index (κ3) is 6.20. The van der Waals surface area contributed by atoms with Crippen molar-refractivity contribution in [3.63, 3.8) is 0 Å². The van der Waals surface area contributed by atoms with Gasteiger partial charge in [0.05, 0.1) is 0 Å². The lowest BCUT2D eigenvalue weighted by Gasteiger charge is -2.52. The highest BCUT2D eigenvalue weighted by Gasteiger charge is 2.45. The molecule has 0 spiro atoms. The van der Waals surface area contributed by atoms with Crippen LogP contribution >= 0.6 is 0 Å². The van der Waals surface area contributed by atoms with E-state index in [1.165, 1.54) is 38.5 Å². The first-order valence-electron chi connectivity index (χ1n) is 9.37. The minimum atomic E-state index is 0.217. The maximum absolute atomic E-state index is 3.93. The molecule has 0 bridgehead atoms. The number of hydrogen-bond acceptors (Lipinski definition) is 2. The Morgan fingerprint density at radius 3 is 1.27 bits per heavy atom. The monoisotopic (exact) mass is 310 g/mol. The molecule has 1 fully saturated rings. The van der Waals surface area contributed by atoms with Crippen molar-refractivity contribution in [3.05, 3.63) is 0 Å². The standard InChI is InChI=1S/C20H42N2/c1-17(2,3)13-15-21-19(7)11-9-10-12-20(19,8)22-16-14-18(4,5)6/h21-22H,9-16H2,1-8H3. The molecule has 0 aromatic carbocycles. The SMILES string of the molecule is CC(C)(C)CCNC1(C)CCCCC1(C)NCCC(C)(C)C. The fraction of sp³-hybridized carbons (Fsp3) is 1.00. The molecular formula is C20H42N2. The summed E-state index contributed by atoms with van der Waals surface area (Å²) in [6.07, 6.45) is 7.76. The second-order valence-corrected chi connectivity index (χ2v) is 10.3. The van der Waals surface area contributed by atoms with E-state index in [0.717, 1.165) is 13.1 Å². The molecule has 2 nitrogen and oxygen atoms in total. The molecule has 0 aromatic heterocycles. The van der Waals surface area contributed by atoms with E-state index in [1.807, 2.05) is 0 Å². The van der Waals surface area contributed by atoms with E-state index in [4.69, 9.17) is 0 Å². The van der Waals surface area contributed by atoms with Crippen molar-refractivity contribution in [1.82, 2.24) is 10.6 Å². The molecule has 1 aliphatic carbocycles. The van der Waals surface area contributed by atoms with Crippen molar-refractivity contribution in [2.24, 2.45) is 10.8 Å². The number of nitrogens with one attached hydrogen (secondary N) is 2. The van der Waals surface area contributed by atoms with E-state index < -0.39 is 0 Å². The van der Waals surface area contributed by atoms with Gasteiger partial charge < -0.3 is 10.6 Å². The van der Waals surface area contributed by atoms with Crippen molar-refractivity contribution >= 4 is 0 Å². The zero-order valence-electron chi connectivity index (χ0n) is 16.7. The predicted octanol–water partition coefficient (Wildman–Crippen LogP) is 5.13. The lowest BCUT2D eigenvalue weighted by atomic mass is 9.68. The van der Waals surface area contributed by atoms with Crippen LogP contribution in [0.1, 0.15) is 93.9 Å². The topological polar surface area (TPSA) is 24.1 Å². The van der Waals surface area contributed by atoms with Crippen LogP contribution < -0.4 is 10.6 Å². The molecule has 0 amide bonds. The number of rotatable bonds is 6. The molecule has 1 rings (SSSR count). The highest BCUT2D eigenvalue weighted by molar-refractivity contribution is 5.08. The summed E-state index contributed by atoms with van der Waals surface area (Å²) in [6, 6.07) is 0. The third-order valence-corrected chi connectivity index (χ3v) is 5.60. The Balaban J connectivity index is 2.63. The minimum Gasteiger partial charge on any atom is -0.310 e. The lowest BCUT2D eigenvalue weighted by molar-refractivity contribution is 0.0951. The second kappa shape index (κ2) is 7.21. The average Bonchev–Trinajstić information content (AvgIpc) is 2.30. The Bertz CT molecular complexity index is 303. The van der Waals surface area contributed by atoms with Crippen LogP contribution in [-0.4, -0.2) is 24.2 Å². The van der Waals surface area contributed by atoms with Gasteiger partial charge in [-0.05, 0) is 63.5 Å². The van der Waals surface area contributed by atoms with Gasteiger partial charge in [-0.2, -0.15) is 0 Å². The largest absolute Gasteiger partial charge is 0.310 e. The Hall–Kier alpha value is -0.0800. The maximum Gasteiger partial charge on any atom is 0.0332 e. The van der Waals surface area contributed by atoms with Gasteiger partial charge >= 0.3 is 0 Å². The van der Waals surface area contributed by atoms with Crippen LogP contribution in [0, 0.1) is 10.8 Å². The summed E-state index contributed by atoms with van der Waals surface area (Å²) in [7, 11) is 0. The van der Waals surface area contributed by atoms with Gasteiger partial charge in [-0.25, -0.2) is 0 Å². The summed E-state index contributed by atoms with van der Waals surface area (Å²) in [5, 5.41) is 7.86. The third-order valence-electron chi connectivity index (χ3n) is 5.60. The van der Waals surface area contributed by atoms with E-state index in [9.17, 15) is 0 Å². The molecule has 2 atom stereocenters. The Morgan fingerprint density at radius 2 is 1.00 bits per heavy atom. The van der Waals surface area contributed by atoms with Crippen molar-refractivity contribution in [2.45, 2.75) is 105 Å². The molecule has 0 aromatic rings. The van der Waals surface area contributed by atoms with Gasteiger partial charge in [0.25, 0.3) is 0 Å². The zero-order valence-corrected chi connectivity index (χ0v) is 16.7. The van der Waals surface area contributed by atoms with Crippen molar-refractivity contribution in [2.75, 3.05) is 13.1 Å². The van der Waals surface area contributed by atoms with Gasteiger partial charge in [0.2, 0.25) is 0 Å². The fourth-order valence-electron chi connectivity index (χ4n) is 3.50. The maximum atomic E-state index is 3.93. The van der Waals surface area contributed by atoms with Crippen LogP contribution in [0.4, 0.5) is 0 Å². The summed E-state index contributed by atoms with van der Waals surface area (Å²) in [4.78, 5) is 0. The van der Waals surface area contributed by atoms with E-state index >= 15 is 0 Å². The smallest absolute Gasteiger partial charge is 0.0332 e. The van der Waals surface area contributed by atoms with Crippen LogP contribution in [0.25, 0.3) is 0 Å². The molecule has 0 aliphatic heterocycles. The Labute approximate surface area is 140 Å². The summed E-state index contributed by atoms with van der Waals surface area (Å²) in [5.41, 5.74) is 1.25. The molecular weight excluding hydrogens is 268 g/mol. The van der Waals surface area contributed by atoms with Crippen molar-refractivity contribution < 1.29 is 0 Å². The first-order chi connectivity index (χ1) is 9.87. The summed E-state index contributed by atoms with van der Waals surface area (Å²) >= 11 is 0. The van der Waals surface area contributed by atoms with Gasteiger partial charge in [-0.3, -0.25) is 0 Å². The molecule has 2 N–H and O–H groups in total. The van der Waals surface area contributed by atoms with Crippen LogP contribution in [0.15, 0.2) is 0 Å². The summed E-state index contributed by atoms with van der Waals surface area (Å²) in [5.74, 6) is 0. The van der Waals surface area contributed by atoms with E-state index in [2.05, 4.69) is 66.0 Å². The van der Waals surface area contributed by atoms with Crippen LogP contribution in [0.5, 0.6) is 0 Å². The van der Waals surface area contributed by atoms with E-state index in [1.54, 1.807) is 0 Å². The minimum absolute atomic E-state index is 0.217. The Kier molecular flexibility index (Phi) is 6.55. The predicted molar refractivity (Wildman–Crippen MR) is 99.4 cm³/mol. The van der Waals surface area contributed by atoms with Crippen LogP contribution in [0.2, 0.25) is 0 Å². The fourth-order valence-corrected chi connectivity index (χ4v) is 3.50. The van der Waals surface area contributed by atoms with Gasteiger partial charge in [-0.1, -0.05) is 54.4 Å². The summed E-state index contributed by atoms with van der Waals surface area (Å²) < 4.78 is 0. The Morgan fingerprint density at radius 1 is 0.682 bits per heavy atom. The van der Waals surface area contributed by atoms with Gasteiger partial charge in [0.15, 0.2) is 0 Å². The highest BCUT2D eigenvalue weighted by atomic mass is 15.1. The normalized spacial score (nSPS) is 30.5. The molecule has 132 valence electrons.